The van der Waals surface area contributed by atoms with E-state index in [2.05, 4.69) is 25.1 Å². The van der Waals surface area contributed by atoms with Gasteiger partial charge in [0.05, 0.1) is 5.60 Å². The molecule has 0 aromatic rings. The molecule has 2 heteroatoms. The van der Waals surface area contributed by atoms with Crippen LogP contribution < -0.4 is 5.32 Å². The maximum Gasteiger partial charge on any atom is 0.0778 e. The van der Waals surface area contributed by atoms with Gasteiger partial charge in [0.2, 0.25) is 0 Å². The quantitative estimate of drug-likeness (QED) is 0.634. The van der Waals surface area contributed by atoms with Crippen LogP contribution in [0.1, 0.15) is 33.6 Å². The predicted molar refractivity (Wildman–Crippen MR) is 56.6 cm³/mol. The van der Waals surface area contributed by atoms with Crippen LogP contribution in [0, 0.1) is 12.3 Å². The van der Waals surface area contributed by atoms with Crippen molar-refractivity contribution in [3.63, 3.8) is 0 Å². The first-order valence-electron chi connectivity index (χ1n) is 4.83. The molecule has 0 radical (unpaired) electrons. The third-order valence-corrected chi connectivity index (χ3v) is 2.28. The van der Waals surface area contributed by atoms with E-state index in [1.165, 1.54) is 0 Å². The van der Waals surface area contributed by atoms with Gasteiger partial charge in [0.15, 0.2) is 0 Å². The number of hydrogen-bond acceptors (Lipinski definition) is 2. The van der Waals surface area contributed by atoms with Gasteiger partial charge >= 0.3 is 0 Å². The summed E-state index contributed by atoms with van der Waals surface area (Å²) in [7, 11) is 1.95. The summed E-state index contributed by atoms with van der Waals surface area (Å²) in [4.78, 5) is 0. The molecule has 0 heterocycles. The molecule has 0 aliphatic rings. The summed E-state index contributed by atoms with van der Waals surface area (Å²) in [5.41, 5.74) is -0.139. The van der Waals surface area contributed by atoms with Crippen molar-refractivity contribution < 1.29 is 4.74 Å². The molecule has 0 amide bonds. The number of terminal acetylenes is 1. The lowest BCUT2D eigenvalue weighted by Gasteiger charge is -2.33. The van der Waals surface area contributed by atoms with E-state index < -0.39 is 0 Å². The van der Waals surface area contributed by atoms with Crippen molar-refractivity contribution in [3.05, 3.63) is 0 Å². The second-order valence-corrected chi connectivity index (χ2v) is 3.62. The second-order valence-electron chi connectivity index (χ2n) is 3.62. The van der Waals surface area contributed by atoms with Crippen molar-refractivity contribution in [3.8, 4) is 12.3 Å². The Hall–Kier alpha value is -0.520. The highest BCUT2D eigenvalue weighted by Crippen LogP contribution is 2.18. The summed E-state index contributed by atoms with van der Waals surface area (Å²) in [6.45, 7) is 6.93. The van der Waals surface area contributed by atoms with E-state index in [4.69, 9.17) is 11.2 Å². The molecule has 76 valence electrons. The molecule has 0 aromatic carbocycles. The molecule has 0 spiro atoms. The van der Waals surface area contributed by atoms with E-state index in [9.17, 15) is 0 Å². The molecule has 0 aliphatic heterocycles. The number of nitrogens with one attached hydrogen (secondary N) is 1. The number of hydrogen-bond donors (Lipinski definition) is 1. The Balaban J connectivity index is 4.12. The second kappa shape index (κ2) is 6.01. The van der Waals surface area contributed by atoms with Gasteiger partial charge in [-0.25, -0.2) is 0 Å². The number of likely N-dealkylation sites (N-methyl/N-ethyl adjacent to an activating group) is 1. The van der Waals surface area contributed by atoms with Crippen LogP contribution in [0.5, 0.6) is 0 Å². The fourth-order valence-electron chi connectivity index (χ4n) is 1.54. The van der Waals surface area contributed by atoms with Crippen LogP contribution in [0.4, 0.5) is 0 Å². The van der Waals surface area contributed by atoms with Crippen LogP contribution in [-0.4, -0.2) is 25.3 Å². The first-order valence-corrected chi connectivity index (χ1v) is 4.83. The first kappa shape index (κ1) is 12.5. The van der Waals surface area contributed by atoms with E-state index in [0.717, 1.165) is 19.4 Å². The molecule has 1 unspecified atom stereocenters. The molecule has 1 N–H and O–H groups in total. The van der Waals surface area contributed by atoms with Crippen LogP contribution >= 0.6 is 0 Å². The van der Waals surface area contributed by atoms with Crippen LogP contribution in [0.15, 0.2) is 0 Å². The van der Waals surface area contributed by atoms with Gasteiger partial charge < -0.3 is 10.1 Å². The minimum absolute atomic E-state index is 0.139. The zero-order valence-electron chi connectivity index (χ0n) is 9.18. The maximum absolute atomic E-state index is 5.65. The summed E-state index contributed by atoms with van der Waals surface area (Å²) < 4.78 is 5.65. The molecule has 0 bridgehead atoms. The smallest absolute Gasteiger partial charge is 0.0778 e. The monoisotopic (exact) mass is 183 g/mol. The lowest BCUT2D eigenvalue weighted by Crippen LogP contribution is -2.47. The van der Waals surface area contributed by atoms with E-state index >= 15 is 0 Å². The van der Waals surface area contributed by atoms with Gasteiger partial charge in [0.1, 0.15) is 0 Å². The van der Waals surface area contributed by atoms with Crippen molar-refractivity contribution in [1.82, 2.24) is 5.32 Å². The summed E-state index contributed by atoms with van der Waals surface area (Å²) >= 11 is 0. The predicted octanol–water partition coefficient (Wildman–Crippen LogP) is 1.80. The summed E-state index contributed by atoms with van der Waals surface area (Å²) in [5.74, 6) is 2.65. The topological polar surface area (TPSA) is 21.3 Å². The molecular weight excluding hydrogens is 162 g/mol. The van der Waals surface area contributed by atoms with E-state index in [1.54, 1.807) is 0 Å². The van der Waals surface area contributed by atoms with E-state index in [1.807, 2.05) is 14.0 Å². The van der Waals surface area contributed by atoms with Crippen molar-refractivity contribution >= 4 is 0 Å². The highest BCUT2D eigenvalue weighted by Gasteiger charge is 2.27. The van der Waals surface area contributed by atoms with Crippen LogP contribution in [0.2, 0.25) is 0 Å². The molecule has 0 saturated heterocycles. The van der Waals surface area contributed by atoms with E-state index in [-0.39, 0.29) is 5.60 Å². The minimum Gasteiger partial charge on any atom is -0.374 e. The average Bonchev–Trinajstić information content (AvgIpc) is 2.05. The standard InChI is InChI=1S/C11H21NO/c1-6-8-9-10(12-5)11(3,4)13-7-2/h1,10,12H,7-9H2,2-5H3. The summed E-state index contributed by atoms with van der Waals surface area (Å²) in [5, 5.41) is 3.24. The third kappa shape index (κ3) is 4.31. The van der Waals surface area contributed by atoms with Crippen LogP contribution in [0.25, 0.3) is 0 Å². The Kier molecular flexibility index (Phi) is 5.77. The van der Waals surface area contributed by atoms with Gasteiger partial charge in [-0.1, -0.05) is 0 Å². The zero-order valence-corrected chi connectivity index (χ0v) is 9.18. The number of ether oxygens (including phenoxy) is 1. The number of rotatable bonds is 6. The van der Waals surface area contributed by atoms with Gasteiger partial charge in [-0.2, -0.15) is 0 Å². The normalized spacial score (nSPS) is 13.8. The largest absolute Gasteiger partial charge is 0.374 e. The summed E-state index contributed by atoms with van der Waals surface area (Å²) in [6.07, 6.45) is 6.98. The highest BCUT2D eigenvalue weighted by molar-refractivity contribution is 4.91. The maximum atomic E-state index is 5.65. The molecule has 13 heavy (non-hydrogen) atoms. The van der Waals surface area contributed by atoms with Gasteiger partial charge in [-0.3, -0.25) is 0 Å². The molecule has 0 rings (SSSR count). The molecule has 0 aromatic heterocycles. The van der Waals surface area contributed by atoms with Crippen molar-refractivity contribution in [2.45, 2.75) is 45.3 Å². The fraction of sp³-hybridized carbons (Fsp3) is 0.818. The van der Waals surface area contributed by atoms with Crippen LogP contribution in [0.3, 0.4) is 0 Å². The molecule has 1 atom stereocenters. The van der Waals surface area contributed by atoms with Gasteiger partial charge in [0, 0.05) is 19.1 Å². The molecule has 0 fully saturated rings. The highest BCUT2D eigenvalue weighted by atomic mass is 16.5. The Bertz CT molecular complexity index is 169. The third-order valence-electron chi connectivity index (χ3n) is 2.28. The zero-order chi connectivity index (χ0) is 10.3. The van der Waals surface area contributed by atoms with Gasteiger partial charge in [-0.15, -0.1) is 12.3 Å². The Labute approximate surface area is 82.1 Å². The van der Waals surface area contributed by atoms with Crippen LogP contribution in [-0.2, 0) is 4.74 Å². The van der Waals surface area contributed by atoms with Gasteiger partial charge in [0.25, 0.3) is 0 Å². The molecule has 2 nitrogen and oxygen atoms in total. The Morgan fingerprint density at radius 1 is 1.54 bits per heavy atom. The average molecular weight is 183 g/mol. The van der Waals surface area contributed by atoms with Gasteiger partial charge in [-0.05, 0) is 34.2 Å². The Morgan fingerprint density at radius 3 is 2.54 bits per heavy atom. The van der Waals surface area contributed by atoms with Crippen molar-refractivity contribution in [2.75, 3.05) is 13.7 Å². The minimum atomic E-state index is -0.139. The summed E-state index contributed by atoms with van der Waals surface area (Å²) in [6, 6.07) is 0.323. The first-order chi connectivity index (χ1) is 6.08. The molecule has 0 aliphatic carbocycles. The lowest BCUT2D eigenvalue weighted by molar-refractivity contribution is -0.0380. The SMILES string of the molecule is C#CCCC(NC)C(C)(C)OCC. The molecular formula is C11H21NO. The van der Waals surface area contributed by atoms with E-state index in [0.29, 0.717) is 6.04 Å². The Morgan fingerprint density at radius 2 is 2.15 bits per heavy atom. The van der Waals surface area contributed by atoms with Crippen molar-refractivity contribution in [2.24, 2.45) is 0 Å². The van der Waals surface area contributed by atoms with Crippen molar-refractivity contribution in [1.29, 1.82) is 0 Å². The fourth-order valence-corrected chi connectivity index (χ4v) is 1.54. The lowest BCUT2D eigenvalue weighted by atomic mass is 9.94. The molecule has 0 saturated carbocycles.